The van der Waals surface area contributed by atoms with Crippen LogP contribution >= 0.6 is 12.2 Å². The first-order valence-electron chi connectivity index (χ1n) is 7.61. The van der Waals surface area contributed by atoms with Gasteiger partial charge in [0, 0.05) is 20.1 Å². The number of benzene rings is 2. The maximum absolute atomic E-state index is 12.1. The normalized spacial score (nSPS) is 10.5. The Morgan fingerprint density at radius 1 is 1.08 bits per heavy atom. The van der Waals surface area contributed by atoms with Crippen molar-refractivity contribution in [1.82, 2.24) is 10.2 Å². The predicted octanol–water partition coefficient (Wildman–Crippen LogP) is 3.84. The van der Waals surface area contributed by atoms with E-state index in [1.807, 2.05) is 30.1 Å². The van der Waals surface area contributed by atoms with Gasteiger partial charge in [-0.05, 0) is 41.9 Å². The smallest absolute Gasteiger partial charge is 0.387 e. The zero-order valence-electron chi connectivity index (χ0n) is 13.4. The Hall–Kier alpha value is -2.21. The Balaban J connectivity index is 1.76. The van der Waals surface area contributed by atoms with Gasteiger partial charge in [-0.15, -0.1) is 0 Å². The van der Waals surface area contributed by atoms with Gasteiger partial charge in [0.25, 0.3) is 0 Å². The van der Waals surface area contributed by atoms with Gasteiger partial charge in [0.15, 0.2) is 5.11 Å². The molecular weight excluding hydrogens is 330 g/mol. The Morgan fingerprint density at radius 2 is 1.75 bits per heavy atom. The highest BCUT2D eigenvalue weighted by molar-refractivity contribution is 7.80. The number of thiocarbonyl (C=S) groups is 1. The fourth-order valence-corrected chi connectivity index (χ4v) is 2.38. The molecule has 0 unspecified atom stereocenters. The third-order valence-electron chi connectivity index (χ3n) is 3.45. The van der Waals surface area contributed by atoms with Gasteiger partial charge < -0.3 is 15.0 Å². The Labute approximate surface area is 146 Å². The summed E-state index contributed by atoms with van der Waals surface area (Å²) in [5.74, 6) is 0.153. The molecule has 0 aliphatic heterocycles. The van der Waals surface area contributed by atoms with Crippen LogP contribution < -0.4 is 10.1 Å². The summed E-state index contributed by atoms with van der Waals surface area (Å²) in [6.45, 7) is -1.46. The lowest BCUT2D eigenvalue weighted by Crippen LogP contribution is -2.37. The van der Waals surface area contributed by atoms with Crippen molar-refractivity contribution in [3.05, 3.63) is 65.7 Å². The van der Waals surface area contributed by atoms with Gasteiger partial charge in [0.2, 0.25) is 0 Å². The van der Waals surface area contributed by atoms with E-state index in [4.69, 9.17) is 12.2 Å². The lowest BCUT2D eigenvalue weighted by molar-refractivity contribution is -0.0498. The first-order chi connectivity index (χ1) is 11.5. The summed E-state index contributed by atoms with van der Waals surface area (Å²) in [6.07, 6.45) is 0.897. The quantitative estimate of drug-likeness (QED) is 0.767. The van der Waals surface area contributed by atoms with Crippen LogP contribution in [0.5, 0.6) is 5.75 Å². The number of ether oxygens (including phenoxy) is 1. The van der Waals surface area contributed by atoms with Crippen LogP contribution in [-0.4, -0.2) is 30.2 Å². The van der Waals surface area contributed by atoms with Gasteiger partial charge in [-0.25, -0.2) is 0 Å². The number of nitrogens with zero attached hydrogens (tertiary/aromatic N) is 1. The molecule has 0 heterocycles. The van der Waals surface area contributed by atoms with Gasteiger partial charge in [0.05, 0.1) is 0 Å². The highest BCUT2D eigenvalue weighted by Crippen LogP contribution is 2.15. The topological polar surface area (TPSA) is 24.5 Å². The molecule has 0 bridgehead atoms. The molecule has 0 spiro atoms. The molecule has 6 heteroatoms. The first-order valence-corrected chi connectivity index (χ1v) is 8.02. The maximum atomic E-state index is 12.1. The molecule has 0 saturated heterocycles. The van der Waals surface area contributed by atoms with E-state index in [2.05, 4.69) is 22.2 Å². The summed E-state index contributed by atoms with van der Waals surface area (Å²) < 4.78 is 28.6. The molecule has 0 amide bonds. The minimum Gasteiger partial charge on any atom is -0.435 e. The van der Waals surface area contributed by atoms with E-state index in [1.54, 1.807) is 12.1 Å². The van der Waals surface area contributed by atoms with Crippen molar-refractivity contribution in [1.29, 1.82) is 0 Å². The summed E-state index contributed by atoms with van der Waals surface area (Å²) >= 11 is 5.37. The van der Waals surface area contributed by atoms with E-state index in [9.17, 15) is 8.78 Å². The van der Waals surface area contributed by atoms with E-state index >= 15 is 0 Å². The fourth-order valence-electron chi connectivity index (χ4n) is 2.22. The van der Waals surface area contributed by atoms with Crippen LogP contribution in [0.4, 0.5) is 8.78 Å². The van der Waals surface area contributed by atoms with Gasteiger partial charge in [-0.3, -0.25) is 0 Å². The minimum atomic E-state index is -2.81. The molecule has 24 heavy (non-hydrogen) atoms. The number of alkyl halides is 2. The molecule has 0 radical (unpaired) electrons. The van der Waals surface area contributed by atoms with Crippen LogP contribution in [0, 0.1) is 0 Å². The molecule has 0 atom stereocenters. The van der Waals surface area contributed by atoms with Crippen molar-refractivity contribution in [3.8, 4) is 5.75 Å². The van der Waals surface area contributed by atoms with Gasteiger partial charge in [-0.1, -0.05) is 42.5 Å². The maximum Gasteiger partial charge on any atom is 0.387 e. The van der Waals surface area contributed by atoms with Crippen molar-refractivity contribution >= 4 is 17.3 Å². The van der Waals surface area contributed by atoms with Gasteiger partial charge in [-0.2, -0.15) is 8.78 Å². The predicted molar refractivity (Wildman–Crippen MR) is 95.3 cm³/mol. The molecular formula is C18H20F2N2OS. The summed E-state index contributed by atoms with van der Waals surface area (Å²) in [6, 6.07) is 16.7. The third-order valence-corrected chi connectivity index (χ3v) is 3.90. The highest BCUT2D eigenvalue weighted by atomic mass is 32.1. The van der Waals surface area contributed by atoms with Crippen molar-refractivity contribution in [2.45, 2.75) is 19.6 Å². The van der Waals surface area contributed by atoms with Crippen LogP contribution in [0.2, 0.25) is 0 Å². The zero-order valence-corrected chi connectivity index (χ0v) is 14.2. The van der Waals surface area contributed by atoms with Crippen molar-refractivity contribution < 1.29 is 13.5 Å². The Morgan fingerprint density at radius 3 is 2.38 bits per heavy atom. The van der Waals surface area contributed by atoms with E-state index in [0.717, 1.165) is 18.5 Å². The molecule has 0 fully saturated rings. The van der Waals surface area contributed by atoms with E-state index in [0.29, 0.717) is 11.7 Å². The molecule has 0 saturated carbocycles. The molecule has 0 aromatic heterocycles. The first kappa shape index (κ1) is 18.1. The molecule has 2 aromatic carbocycles. The summed E-state index contributed by atoms with van der Waals surface area (Å²) in [5, 5.41) is 3.87. The average molecular weight is 350 g/mol. The third kappa shape index (κ3) is 6.12. The average Bonchev–Trinajstić information content (AvgIpc) is 2.57. The monoisotopic (exact) mass is 350 g/mol. The fraction of sp³-hybridized carbons (Fsp3) is 0.278. The van der Waals surface area contributed by atoms with Crippen LogP contribution in [0.15, 0.2) is 54.6 Å². The molecule has 0 aliphatic carbocycles. The number of nitrogens with one attached hydrogen (secondary N) is 1. The summed E-state index contributed by atoms with van der Waals surface area (Å²) in [5.41, 5.74) is 2.22. The second kappa shape index (κ2) is 9.17. The standard InChI is InChI=1S/C18H20F2N2OS/c1-22(13-15-7-9-16(10-8-15)23-17(19)20)18(24)21-12-11-14-5-3-2-4-6-14/h2-10,17H,11-13H2,1H3,(H,21,24). The number of rotatable bonds is 7. The van der Waals surface area contributed by atoms with Crippen LogP contribution in [0.3, 0.4) is 0 Å². The SMILES string of the molecule is CN(Cc1ccc(OC(F)F)cc1)C(=S)NCCc1ccccc1. The Bertz CT molecular complexity index is 635. The number of hydrogen-bond donors (Lipinski definition) is 1. The lowest BCUT2D eigenvalue weighted by atomic mass is 10.1. The van der Waals surface area contributed by atoms with Gasteiger partial charge in [0.1, 0.15) is 5.75 Å². The van der Waals surface area contributed by atoms with Crippen LogP contribution in [-0.2, 0) is 13.0 Å². The molecule has 3 nitrogen and oxygen atoms in total. The van der Waals surface area contributed by atoms with Gasteiger partial charge >= 0.3 is 6.61 Å². The molecule has 2 rings (SSSR count). The van der Waals surface area contributed by atoms with Crippen molar-refractivity contribution in [3.63, 3.8) is 0 Å². The molecule has 2 aromatic rings. The summed E-state index contributed by atoms with van der Waals surface area (Å²) in [7, 11) is 1.89. The number of hydrogen-bond acceptors (Lipinski definition) is 2. The second-order valence-electron chi connectivity index (χ2n) is 5.35. The summed E-state index contributed by atoms with van der Waals surface area (Å²) in [4.78, 5) is 1.91. The largest absolute Gasteiger partial charge is 0.435 e. The van der Waals surface area contributed by atoms with E-state index in [-0.39, 0.29) is 5.75 Å². The number of halogens is 2. The highest BCUT2D eigenvalue weighted by Gasteiger charge is 2.07. The van der Waals surface area contributed by atoms with Crippen molar-refractivity contribution in [2.24, 2.45) is 0 Å². The molecule has 128 valence electrons. The van der Waals surface area contributed by atoms with Crippen molar-refractivity contribution in [2.75, 3.05) is 13.6 Å². The van der Waals surface area contributed by atoms with E-state index in [1.165, 1.54) is 17.7 Å². The van der Waals surface area contributed by atoms with E-state index < -0.39 is 6.61 Å². The molecule has 0 aliphatic rings. The second-order valence-corrected chi connectivity index (χ2v) is 5.73. The molecule has 1 N–H and O–H groups in total. The van der Waals surface area contributed by atoms with Crippen LogP contribution in [0.25, 0.3) is 0 Å². The zero-order chi connectivity index (χ0) is 17.4. The minimum absolute atomic E-state index is 0.153. The van der Waals surface area contributed by atoms with Crippen LogP contribution in [0.1, 0.15) is 11.1 Å². The Kier molecular flexibility index (Phi) is 6.93. The lowest BCUT2D eigenvalue weighted by Gasteiger charge is -2.21.